The van der Waals surface area contributed by atoms with E-state index in [1.54, 1.807) is 0 Å². The molecule has 2 aromatic rings. The summed E-state index contributed by atoms with van der Waals surface area (Å²) >= 11 is 0. The molecule has 170 valence electrons. The molecule has 1 aliphatic heterocycles. The van der Waals surface area contributed by atoms with Crippen LogP contribution in [0, 0.1) is 12.8 Å². The fraction of sp³-hybridized carbons (Fsp3) is 0.519. The van der Waals surface area contributed by atoms with Gasteiger partial charge in [0.25, 0.3) is 0 Å². The molecule has 3 rings (SSSR count). The maximum absolute atomic E-state index is 10.8. The van der Waals surface area contributed by atoms with Crippen LogP contribution in [0.5, 0.6) is 0 Å². The number of rotatable bonds is 7. The van der Waals surface area contributed by atoms with Crippen LogP contribution in [-0.2, 0) is 24.2 Å². The first kappa shape index (κ1) is 25.6. The molecule has 1 atom stereocenters. The van der Waals surface area contributed by atoms with Crippen molar-refractivity contribution in [3.8, 4) is 0 Å². The van der Waals surface area contributed by atoms with E-state index in [1.807, 2.05) is 0 Å². The molecule has 1 unspecified atom stereocenters. The van der Waals surface area contributed by atoms with Crippen molar-refractivity contribution in [1.82, 2.24) is 10.2 Å². The molecule has 4 heteroatoms. The van der Waals surface area contributed by atoms with Gasteiger partial charge in [0.15, 0.2) is 0 Å². The van der Waals surface area contributed by atoms with Gasteiger partial charge in [-0.3, -0.25) is 4.79 Å². The number of aryl methyl sites for hydroxylation is 2. The van der Waals surface area contributed by atoms with Crippen molar-refractivity contribution in [3.63, 3.8) is 0 Å². The van der Waals surface area contributed by atoms with E-state index in [4.69, 9.17) is 0 Å². The average molecular weight is 441 g/mol. The Labute approximate surface area is 192 Å². The highest BCUT2D eigenvalue weighted by Crippen LogP contribution is 2.16. The van der Waals surface area contributed by atoms with E-state index < -0.39 is 0 Å². The SMILES string of the molecule is CC1CCN(CCc2ccccc2P)CC1.CCCc1ccc(CNC(C)=O)cc1C. The zero-order chi connectivity index (χ0) is 22.6. The zero-order valence-electron chi connectivity index (χ0n) is 19.9. The summed E-state index contributed by atoms with van der Waals surface area (Å²) in [4.78, 5) is 13.4. The maximum Gasteiger partial charge on any atom is 0.217 e. The number of benzene rings is 2. The summed E-state index contributed by atoms with van der Waals surface area (Å²) in [7, 11) is 2.84. The molecular weight excluding hydrogens is 399 g/mol. The van der Waals surface area contributed by atoms with E-state index in [2.05, 4.69) is 82.7 Å². The Hall–Kier alpha value is -1.70. The molecule has 0 radical (unpaired) electrons. The average Bonchev–Trinajstić information content (AvgIpc) is 2.75. The normalized spacial score (nSPS) is 14.6. The van der Waals surface area contributed by atoms with Crippen molar-refractivity contribution < 1.29 is 4.79 Å². The Kier molecular flexibility index (Phi) is 11.3. The minimum absolute atomic E-state index is 0.0188. The van der Waals surface area contributed by atoms with Gasteiger partial charge in [-0.1, -0.05) is 62.7 Å². The topological polar surface area (TPSA) is 32.3 Å². The van der Waals surface area contributed by atoms with Gasteiger partial charge in [-0.25, -0.2) is 0 Å². The Morgan fingerprint density at radius 2 is 1.81 bits per heavy atom. The van der Waals surface area contributed by atoms with Crippen LogP contribution >= 0.6 is 9.24 Å². The summed E-state index contributed by atoms with van der Waals surface area (Å²) in [6.45, 7) is 12.7. The van der Waals surface area contributed by atoms with E-state index in [0.29, 0.717) is 6.54 Å². The van der Waals surface area contributed by atoms with E-state index in [9.17, 15) is 4.79 Å². The van der Waals surface area contributed by atoms with Crippen molar-refractivity contribution in [3.05, 3.63) is 64.7 Å². The van der Waals surface area contributed by atoms with Crippen LogP contribution in [0.4, 0.5) is 0 Å². The molecule has 2 aromatic carbocycles. The molecule has 0 aliphatic carbocycles. The second-order valence-electron chi connectivity index (χ2n) is 8.89. The molecule has 1 amide bonds. The number of piperidine rings is 1. The molecule has 3 nitrogen and oxygen atoms in total. The minimum Gasteiger partial charge on any atom is -0.352 e. The number of nitrogens with one attached hydrogen (secondary N) is 1. The number of carbonyl (C=O) groups excluding carboxylic acids is 1. The highest BCUT2D eigenvalue weighted by Gasteiger charge is 2.15. The summed E-state index contributed by atoms with van der Waals surface area (Å²) in [5.74, 6) is 0.954. The van der Waals surface area contributed by atoms with Gasteiger partial charge in [-0.2, -0.15) is 0 Å². The molecule has 1 fully saturated rings. The van der Waals surface area contributed by atoms with Crippen LogP contribution in [0.1, 0.15) is 62.3 Å². The van der Waals surface area contributed by atoms with Crippen molar-refractivity contribution in [2.45, 2.75) is 66.3 Å². The molecule has 1 N–H and O–H groups in total. The third-order valence-corrected chi connectivity index (χ3v) is 6.66. The fourth-order valence-electron chi connectivity index (χ4n) is 3.97. The predicted molar refractivity (Wildman–Crippen MR) is 137 cm³/mol. The third kappa shape index (κ3) is 9.54. The first-order valence-electron chi connectivity index (χ1n) is 11.8. The van der Waals surface area contributed by atoms with Gasteiger partial charge in [0.1, 0.15) is 0 Å². The number of nitrogens with zero attached hydrogens (tertiary/aromatic N) is 1. The summed E-state index contributed by atoms with van der Waals surface area (Å²) in [6, 6.07) is 15.1. The molecule has 31 heavy (non-hydrogen) atoms. The maximum atomic E-state index is 10.8. The van der Waals surface area contributed by atoms with Crippen LogP contribution in [0.25, 0.3) is 0 Å². The smallest absolute Gasteiger partial charge is 0.217 e. The lowest BCUT2D eigenvalue weighted by Crippen LogP contribution is -2.34. The third-order valence-electron chi connectivity index (χ3n) is 6.10. The number of amides is 1. The van der Waals surface area contributed by atoms with Crippen molar-refractivity contribution >= 4 is 20.5 Å². The molecule has 1 saturated heterocycles. The summed E-state index contributed by atoms with van der Waals surface area (Å²) < 4.78 is 0. The van der Waals surface area contributed by atoms with Crippen LogP contribution in [0.2, 0.25) is 0 Å². The van der Waals surface area contributed by atoms with Crippen LogP contribution in [-0.4, -0.2) is 30.4 Å². The van der Waals surface area contributed by atoms with Crippen LogP contribution < -0.4 is 10.6 Å². The zero-order valence-corrected chi connectivity index (χ0v) is 21.1. The minimum atomic E-state index is 0.0188. The van der Waals surface area contributed by atoms with E-state index in [-0.39, 0.29) is 5.91 Å². The number of hydrogen-bond donors (Lipinski definition) is 1. The van der Waals surface area contributed by atoms with Gasteiger partial charge < -0.3 is 10.2 Å². The Morgan fingerprint density at radius 1 is 1.10 bits per heavy atom. The standard InChI is InChI=1S/C14H22NP.C13H19NO/c1-12-6-9-15(10-7-12)11-8-13-4-2-3-5-14(13)16;1-4-5-13-7-6-12(8-10(13)2)9-14-11(3)15/h2-5,12H,6-11,16H2,1H3;6-8H,4-5,9H2,1-3H3,(H,14,15). The molecule has 0 spiro atoms. The molecule has 0 saturated carbocycles. The second kappa shape index (κ2) is 13.7. The lowest BCUT2D eigenvalue weighted by atomic mass is 9.99. The fourth-order valence-corrected chi connectivity index (χ4v) is 4.32. The van der Waals surface area contributed by atoms with Gasteiger partial charge in [-0.05, 0) is 79.2 Å². The van der Waals surface area contributed by atoms with E-state index in [0.717, 1.165) is 12.3 Å². The van der Waals surface area contributed by atoms with Gasteiger partial charge in [0.2, 0.25) is 5.91 Å². The molecule has 0 aromatic heterocycles. The lowest BCUT2D eigenvalue weighted by Gasteiger charge is -2.30. The van der Waals surface area contributed by atoms with E-state index in [1.165, 1.54) is 79.8 Å². The number of hydrogen-bond acceptors (Lipinski definition) is 2. The van der Waals surface area contributed by atoms with E-state index >= 15 is 0 Å². The number of carbonyl (C=O) groups is 1. The van der Waals surface area contributed by atoms with Gasteiger partial charge in [-0.15, -0.1) is 9.24 Å². The summed E-state index contributed by atoms with van der Waals surface area (Å²) in [6.07, 6.45) is 6.25. The number of likely N-dealkylation sites (tertiary alicyclic amines) is 1. The second-order valence-corrected chi connectivity index (χ2v) is 9.52. The Morgan fingerprint density at radius 3 is 2.42 bits per heavy atom. The highest BCUT2D eigenvalue weighted by molar-refractivity contribution is 7.27. The van der Waals surface area contributed by atoms with Crippen molar-refractivity contribution in [1.29, 1.82) is 0 Å². The molecule has 1 aliphatic rings. The Balaban J connectivity index is 0.000000221. The predicted octanol–water partition coefficient (Wildman–Crippen LogP) is 5.05. The molecule has 0 bridgehead atoms. The first-order chi connectivity index (χ1) is 14.9. The van der Waals surface area contributed by atoms with Crippen molar-refractivity contribution in [2.24, 2.45) is 5.92 Å². The van der Waals surface area contributed by atoms with Crippen molar-refractivity contribution in [2.75, 3.05) is 19.6 Å². The summed E-state index contributed by atoms with van der Waals surface area (Å²) in [5, 5.41) is 4.16. The van der Waals surface area contributed by atoms with Gasteiger partial charge >= 0.3 is 0 Å². The highest BCUT2D eigenvalue weighted by atomic mass is 31.0. The van der Waals surface area contributed by atoms with Gasteiger partial charge in [0.05, 0.1) is 0 Å². The quantitative estimate of drug-likeness (QED) is 0.612. The largest absolute Gasteiger partial charge is 0.352 e. The lowest BCUT2D eigenvalue weighted by molar-refractivity contribution is -0.119. The first-order valence-corrected chi connectivity index (χ1v) is 12.3. The molecular formula is C27H41N2OP. The Bertz CT molecular complexity index is 813. The van der Waals surface area contributed by atoms with Gasteiger partial charge in [0, 0.05) is 20.0 Å². The van der Waals surface area contributed by atoms with Crippen LogP contribution in [0.3, 0.4) is 0 Å². The monoisotopic (exact) mass is 440 g/mol. The van der Waals surface area contributed by atoms with Crippen LogP contribution in [0.15, 0.2) is 42.5 Å². The molecule has 1 heterocycles. The summed E-state index contributed by atoms with van der Waals surface area (Å²) in [5.41, 5.74) is 5.37.